The van der Waals surface area contributed by atoms with Crippen molar-refractivity contribution in [1.29, 1.82) is 0 Å². The fourth-order valence-corrected chi connectivity index (χ4v) is 2.67. The third kappa shape index (κ3) is 2.61. The van der Waals surface area contributed by atoms with Gasteiger partial charge in [-0.05, 0) is 31.9 Å². The second kappa shape index (κ2) is 5.56. The largest absolute Gasteiger partial charge is 0.361 e. The molecule has 1 aliphatic rings. The van der Waals surface area contributed by atoms with Gasteiger partial charge in [-0.2, -0.15) is 0 Å². The molecular formula is C17H18N2O2. The van der Waals surface area contributed by atoms with E-state index in [1.54, 1.807) is 0 Å². The van der Waals surface area contributed by atoms with Gasteiger partial charge in [-0.1, -0.05) is 35.5 Å². The number of carbonyl (C=O) groups excluding carboxylic acids is 1. The lowest BCUT2D eigenvalue weighted by molar-refractivity contribution is -0.118. The number of rotatable bonds is 2. The maximum atomic E-state index is 12.7. The van der Waals surface area contributed by atoms with Crippen LogP contribution in [0.25, 0.3) is 6.08 Å². The maximum absolute atomic E-state index is 12.7. The molecule has 0 spiro atoms. The van der Waals surface area contributed by atoms with Crippen LogP contribution < -0.4 is 4.90 Å². The van der Waals surface area contributed by atoms with Crippen molar-refractivity contribution in [3.05, 3.63) is 52.9 Å². The zero-order valence-electron chi connectivity index (χ0n) is 12.3. The molecule has 4 heteroatoms. The summed E-state index contributed by atoms with van der Waals surface area (Å²) in [7, 11) is 0. The van der Waals surface area contributed by atoms with E-state index >= 15 is 0 Å². The molecule has 0 radical (unpaired) electrons. The van der Waals surface area contributed by atoms with E-state index < -0.39 is 0 Å². The SMILES string of the molecule is Cc1noc(C)c1CC(=O)N1CCC=Cc2ccccc21. The predicted octanol–water partition coefficient (Wildman–Crippen LogP) is 3.28. The molecule has 1 aliphatic heterocycles. The Labute approximate surface area is 124 Å². The number of carbonyl (C=O) groups is 1. The lowest BCUT2D eigenvalue weighted by Gasteiger charge is -2.22. The normalized spacial score (nSPS) is 13.9. The van der Waals surface area contributed by atoms with E-state index in [-0.39, 0.29) is 5.91 Å². The van der Waals surface area contributed by atoms with E-state index in [1.165, 1.54) is 0 Å². The van der Waals surface area contributed by atoms with Crippen LogP contribution in [0, 0.1) is 13.8 Å². The van der Waals surface area contributed by atoms with Crippen molar-refractivity contribution in [2.24, 2.45) is 0 Å². The highest BCUT2D eigenvalue weighted by atomic mass is 16.5. The lowest BCUT2D eigenvalue weighted by atomic mass is 10.1. The van der Waals surface area contributed by atoms with Crippen LogP contribution in [0.5, 0.6) is 0 Å². The van der Waals surface area contributed by atoms with Gasteiger partial charge in [0.25, 0.3) is 0 Å². The summed E-state index contributed by atoms with van der Waals surface area (Å²) >= 11 is 0. The van der Waals surface area contributed by atoms with Crippen molar-refractivity contribution < 1.29 is 9.32 Å². The molecule has 1 aromatic heterocycles. The summed E-state index contributed by atoms with van der Waals surface area (Å²) in [5.41, 5.74) is 3.75. The van der Waals surface area contributed by atoms with Crippen molar-refractivity contribution in [3.8, 4) is 0 Å². The van der Waals surface area contributed by atoms with Gasteiger partial charge >= 0.3 is 0 Å². The molecule has 2 aromatic rings. The average molecular weight is 282 g/mol. The summed E-state index contributed by atoms with van der Waals surface area (Å²) in [6, 6.07) is 7.99. The number of aromatic nitrogens is 1. The number of nitrogens with zero attached hydrogens (tertiary/aromatic N) is 2. The first kappa shape index (κ1) is 13.6. The highest BCUT2D eigenvalue weighted by Gasteiger charge is 2.22. The van der Waals surface area contributed by atoms with Crippen molar-refractivity contribution >= 4 is 17.7 Å². The maximum Gasteiger partial charge on any atom is 0.231 e. The Balaban J connectivity index is 1.89. The Bertz CT molecular complexity index is 681. The van der Waals surface area contributed by atoms with Crippen LogP contribution in [0.3, 0.4) is 0 Å². The number of hydrogen-bond acceptors (Lipinski definition) is 3. The van der Waals surface area contributed by atoms with Gasteiger partial charge in [0, 0.05) is 12.1 Å². The molecule has 0 aliphatic carbocycles. The minimum Gasteiger partial charge on any atom is -0.361 e. The van der Waals surface area contributed by atoms with E-state index in [2.05, 4.69) is 17.3 Å². The van der Waals surface area contributed by atoms with Crippen LogP contribution in [-0.2, 0) is 11.2 Å². The van der Waals surface area contributed by atoms with E-state index in [4.69, 9.17) is 4.52 Å². The Hall–Kier alpha value is -2.36. The van der Waals surface area contributed by atoms with Crippen LogP contribution in [0.4, 0.5) is 5.69 Å². The minimum absolute atomic E-state index is 0.0838. The van der Waals surface area contributed by atoms with Crippen LogP contribution >= 0.6 is 0 Å². The molecule has 2 heterocycles. The van der Waals surface area contributed by atoms with Gasteiger partial charge < -0.3 is 9.42 Å². The first-order chi connectivity index (χ1) is 10.2. The topological polar surface area (TPSA) is 46.3 Å². The molecule has 0 fully saturated rings. The first-order valence-corrected chi connectivity index (χ1v) is 7.14. The van der Waals surface area contributed by atoms with Crippen molar-refractivity contribution in [2.75, 3.05) is 11.4 Å². The van der Waals surface area contributed by atoms with Crippen molar-refractivity contribution in [1.82, 2.24) is 5.16 Å². The van der Waals surface area contributed by atoms with Crippen LogP contribution in [0.1, 0.15) is 29.0 Å². The number of aryl methyl sites for hydroxylation is 2. The molecule has 4 nitrogen and oxygen atoms in total. The Morgan fingerprint density at radius 3 is 2.90 bits per heavy atom. The molecule has 0 unspecified atom stereocenters. The fraction of sp³-hybridized carbons (Fsp3) is 0.294. The van der Waals surface area contributed by atoms with Gasteiger partial charge in [0.05, 0.1) is 17.8 Å². The predicted molar refractivity (Wildman–Crippen MR) is 82.1 cm³/mol. The van der Waals surface area contributed by atoms with Crippen LogP contribution in [0.2, 0.25) is 0 Å². The van der Waals surface area contributed by atoms with Gasteiger partial charge in [0.2, 0.25) is 5.91 Å². The number of hydrogen-bond donors (Lipinski definition) is 0. The van der Waals surface area contributed by atoms with Gasteiger partial charge in [-0.3, -0.25) is 4.79 Å². The molecule has 21 heavy (non-hydrogen) atoms. The lowest BCUT2D eigenvalue weighted by Crippen LogP contribution is -2.33. The molecule has 3 rings (SSSR count). The average Bonchev–Trinajstić information content (AvgIpc) is 2.70. The molecule has 0 atom stereocenters. The van der Waals surface area contributed by atoms with Crippen LogP contribution in [0.15, 0.2) is 34.9 Å². The Morgan fingerprint density at radius 2 is 2.14 bits per heavy atom. The molecule has 0 saturated carbocycles. The first-order valence-electron chi connectivity index (χ1n) is 7.14. The Morgan fingerprint density at radius 1 is 1.33 bits per heavy atom. The molecule has 108 valence electrons. The smallest absolute Gasteiger partial charge is 0.231 e. The quantitative estimate of drug-likeness (QED) is 0.849. The molecule has 1 aromatic carbocycles. The van der Waals surface area contributed by atoms with Gasteiger partial charge in [-0.25, -0.2) is 0 Å². The number of fused-ring (bicyclic) bond motifs is 1. The summed E-state index contributed by atoms with van der Waals surface area (Å²) in [4.78, 5) is 14.6. The van der Waals surface area contributed by atoms with E-state index in [1.807, 2.05) is 43.0 Å². The molecule has 0 saturated heterocycles. The van der Waals surface area contributed by atoms with E-state index in [9.17, 15) is 4.79 Å². The van der Waals surface area contributed by atoms with Crippen LogP contribution in [-0.4, -0.2) is 17.6 Å². The zero-order chi connectivity index (χ0) is 14.8. The number of benzene rings is 1. The highest BCUT2D eigenvalue weighted by Crippen LogP contribution is 2.26. The Kier molecular flexibility index (Phi) is 3.60. The summed E-state index contributed by atoms with van der Waals surface area (Å²) in [6.07, 6.45) is 5.39. The monoisotopic (exact) mass is 282 g/mol. The van der Waals surface area contributed by atoms with Crippen molar-refractivity contribution in [2.45, 2.75) is 26.7 Å². The number of amides is 1. The number of para-hydroxylation sites is 1. The summed E-state index contributed by atoms with van der Waals surface area (Å²) in [5.74, 6) is 0.808. The van der Waals surface area contributed by atoms with Gasteiger partial charge in [-0.15, -0.1) is 0 Å². The summed E-state index contributed by atoms with van der Waals surface area (Å²) in [6.45, 7) is 4.42. The second-order valence-corrected chi connectivity index (χ2v) is 5.27. The van der Waals surface area contributed by atoms with Gasteiger partial charge in [0.15, 0.2) is 0 Å². The zero-order valence-corrected chi connectivity index (χ0v) is 12.3. The van der Waals surface area contributed by atoms with E-state index in [0.717, 1.165) is 34.7 Å². The fourth-order valence-electron chi connectivity index (χ4n) is 2.67. The molecule has 1 amide bonds. The highest BCUT2D eigenvalue weighted by molar-refractivity contribution is 5.97. The standard InChI is InChI=1S/C17H18N2O2/c1-12-15(13(2)21-18-12)11-17(20)19-10-6-5-8-14-7-3-4-9-16(14)19/h3-5,7-9H,6,10-11H2,1-2H3. The summed E-state index contributed by atoms with van der Waals surface area (Å²) in [5, 5.41) is 3.92. The summed E-state index contributed by atoms with van der Waals surface area (Å²) < 4.78 is 5.14. The molecule has 0 N–H and O–H groups in total. The minimum atomic E-state index is 0.0838. The molecular weight excluding hydrogens is 264 g/mol. The third-order valence-electron chi connectivity index (χ3n) is 3.85. The van der Waals surface area contributed by atoms with Crippen molar-refractivity contribution in [3.63, 3.8) is 0 Å². The third-order valence-corrected chi connectivity index (χ3v) is 3.85. The van der Waals surface area contributed by atoms with E-state index in [0.29, 0.717) is 13.0 Å². The molecule has 0 bridgehead atoms. The number of anilines is 1. The second-order valence-electron chi connectivity index (χ2n) is 5.27. The van der Waals surface area contributed by atoms with Gasteiger partial charge in [0.1, 0.15) is 5.76 Å².